The number of aromatic nitrogens is 1. The highest BCUT2D eigenvalue weighted by molar-refractivity contribution is 5.94. The first-order chi connectivity index (χ1) is 9.74. The van der Waals surface area contributed by atoms with Gasteiger partial charge in [-0.2, -0.15) is 0 Å². The van der Waals surface area contributed by atoms with Gasteiger partial charge in [0.05, 0.1) is 0 Å². The van der Waals surface area contributed by atoms with E-state index < -0.39 is 0 Å². The second-order valence-electron chi connectivity index (χ2n) is 4.94. The van der Waals surface area contributed by atoms with Crippen molar-refractivity contribution in [2.45, 2.75) is 6.92 Å². The van der Waals surface area contributed by atoms with E-state index in [1.165, 1.54) is 0 Å². The Labute approximate surface area is 117 Å². The van der Waals surface area contributed by atoms with Gasteiger partial charge in [-0.25, -0.2) is 0 Å². The molecule has 1 aliphatic rings. The Kier molecular flexibility index (Phi) is 3.41. The Balaban J connectivity index is 1.63. The Morgan fingerprint density at radius 1 is 1.15 bits per heavy atom. The molecule has 20 heavy (non-hydrogen) atoms. The molecule has 5 heteroatoms. The van der Waals surface area contributed by atoms with Crippen LogP contribution in [0.3, 0.4) is 0 Å². The molecule has 1 aliphatic heterocycles. The number of piperazine rings is 1. The molecule has 0 aliphatic carbocycles. The summed E-state index contributed by atoms with van der Waals surface area (Å²) in [5, 5.41) is 4.01. The lowest BCUT2D eigenvalue weighted by molar-refractivity contribution is 0.0746. The number of aryl methyl sites for hydroxylation is 1. The molecule has 0 radical (unpaired) electrons. The Morgan fingerprint density at radius 3 is 2.45 bits per heavy atom. The summed E-state index contributed by atoms with van der Waals surface area (Å²) in [6, 6.07) is 11.3. The van der Waals surface area contributed by atoms with Crippen molar-refractivity contribution in [3.63, 3.8) is 0 Å². The van der Waals surface area contributed by atoms with Crippen molar-refractivity contribution in [1.82, 2.24) is 10.1 Å². The summed E-state index contributed by atoms with van der Waals surface area (Å²) < 4.78 is 5.09. The molecule has 1 aromatic heterocycles. The molecule has 0 N–H and O–H groups in total. The summed E-state index contributed by atoms with van der Waals surface area (Å²) in [6.07, 6.45) is 0. The lowest BCUT2D eigenvalue weighted by atomic mass is 10.2. The maximum atomic E-state index is 12.3. The van der Waals surface area contributed by atoms with Gasteiger partial charge in [-0.1, -0.05) is 23.4 Å². The molecule has 2 heterocycles. The van der Waals surface area contributed by atoms with Crippen molar-refractivity contribution in [1.29, 1.82) is 0 Å². The van der Waals surface area contributed by atoms with Crippen molar-refractivity contribution in [2.24, 2.45) is 0 Å². The number of carbonyl (C=O) groups is 1. The molecule has 5 nitrogen and oxygen atoms in total. The van der Waals surface area contributed by atoms with E-state index in [0.717, 1.165) is 30.2 Å². The molecule has 1 saturated heterocycles. The fourth-order valence-electron chi connectivity index (χ4n) is 2.40. The van der Waals surface area contributed by atoms with Gasteiger partial charge >= 0.3 is 0 Å². The number of amides is 1. The van der Waals surface area contributed by atoms with E-state index in [9.17, 15) is 4.79 Å². The van der Waals surface area contributed by atoms with Crippen LogP contribution in [-0.2, 0) is 0 Å². The normalized spacial score (nSPS) is 15.4. The molecule has 0 spiro atoms. The maximum Gasteiger partial charge on any atom is 0.253 e. The minimum atomic E-state index is 0.0987. The molecular weight excluding hydrogens is 254 g/mol. The Morgan fingerprint density at radius 2 is 1.85 bits per heavy atom. The van der Waals surface area contributed by atoms with Gasteiger partial charge < -0.3 is 14.3 Å². The number of anilines is 1. The number of rotatable bonds is 2. The van der Waals surface area contributed by atoms with Crippen molar-refractivity contribution in [2.75, 3.05) is 31.1 Å². The number of nitrogens with zero attached hydrogens (tertiary/aromatic N) is 3. The smallest absolute Gasteiger partial charge is 0.253 e. The van der Waals surface area contributed by atoms with Crippen LogP contribution >= 0.6 is 0 Å². The maximum absolute atomic E-state index is 12.3. The SMILES string of the molecule is Cc1cc(N2CCN(C(=O)c3ccccc3)CC2)no1. The van der Waals surface area contributed by atoms with Gasteiger partial charge in [0.2, 0.25) is 0 Å². The Bertz CT molecular complexity index is 586. The van der Waals surface area contributed by atoms with E-state index in [4.69, 9.17) is 4.52 Å². The van der Waals surface area contributed by atoms with E-state index in [-0.39, 0.29) is 5.91 Å². The Hall–Kier alpha value is -2.30. The molecule has 0 saturated carbocycles. The quantitative estimate of drug-likeness (QED) is 0.837. The minimum absolute atomic E-state index is 0.0987. The molecule has 0 atom stereocenters. The van der Waals surface area contributed by atoms with E-state index in [1.54, 1.807) is 0 Å². The summed E-state index contributed by atoms with van der Waals surface area (Å²) in [4.78, 5) is 16.4. The first-order valence-corrected chi connectivity index (χ1v) is 6.76. The van der Waals surface area contributed by atoms with E-state index in [0.29, 0.717) is 13.1 Å². The highest BCUT2D eigenvalue weighted by Gasteiger charge is 2.23. The number of carbonyl (C=O) groups excluding carboxylic acids is 1. The van der Waals surface area contributed by atoms with Crippen LogP contribution in [0.4, 0.5) is 5.82 Å². The fraction of sp³-hybridized carbons (Fsp3) is 0.333. The standard InChI is InChI=1S/C15H17N3O2/c1-12-11-14(16-20-12)17-7-9-18(10-8-17)15(19)13-5-3-2-4-6-13/h2-6,11H,7-10H2,1H3. The summed E-state index contributed by atoms with van der Waals surface area (Å²) in [5.41, 5.74) is 0.748. The van der Waals surface area contributed by atoms with Crippen LogP contribution < -0.4 is 4.90 Å². The lowest BCUT2D eigenvalue weighted by Crippen LogP contribution is -2.48. The highest BCUT2D eigenvalue weighted by Crippen LogP contribution is 2.17. The van der Waals surface area contributed by atoms with Gasteiger partial charge in [0, 0.05) is 37.8 Å². The van der Waals surface area contributed by atoms with Gasteiger partial charge in [-0.3, -0.25) is 4.79 Å². The third kappa shape index (κ3) is 2.52. The summed E-state index contributed by atoms with van der Waals surface area (Å²) in [6.45, 7) is 4.86. The van der Waals surface area contributed by atoms with Gasteiger partial charge in [-0.05, 0) is 19.1 Å². The molecule has 0 unspecified atom stereocenters. The zero-order valence-corrected chi connectivity index (χ0v) is 11.5. The molecule has 1 aromatic carbocycles. The van der Waals surface area contributed by atoms with Gasteiger partial charge in [-0.15, -0.1) is 0 Å². The molecule has 1 amide bonds. The minimum Gasteiger partial charge on any atom is -0.360 e. The largest absolute Gasteiger partial charge is 0.360 e. The van der Waals surface area contributed by atoms with E-state index in [1.807, 2.05) is 48.2 Å². The first kappa shape index (κ1) is 12.7. The predicted molar refractivity (Wildman–Crippen MR) is 75.8 cm³/mol. The first-order valence-electron chi connectivity index (χ1n) is 6.76. The third-order valence-corrected chi connectivity index (χ3v) is 3.53. The van der Waals surface area contributed by atoms with E-state index >= 15 is 0 Å². The molecule has 104 valence electrons. The summed E-state index contributed by atoms with van der Waals surface area (Å²) in [7, 11) is 0. The molecule has 2 aromatic rings. The average Bonchev–Trinajstić information content (AvgIpc) is 2.94. The molecule has 0 bridgehead atoms. The number of hydrogen-bond donors (Lipinski definition) is 0. The zero-order chi connectivity index (χ0) is 13.9. The molecular formula is C15H17N3O2. The molecule has 3 rings (SSSR count). The van der Waals surface area contributed by atoms with Crippen LogP contribution in [0, 0.1) is 6.92 Å². The number of hydrogen-bond acceptors (Lipinski definition) is 4. The van der Waals surface area contributed by atoms with Crippen LogP contribution in [0.15, 0.2) is 40.9 Å². The third-order valence-electron chi connectivity index (χ3n) is 3.53. The van der Waals surface area contributed by atoms with Gasteiger partial charge in [0.25, 0.3) is 5.91 Å². The highest BCUT2D eigenvalue weighted by atomic mass is 16.5. The van der Waals surface area contributed by atoms with Crippen molar-refractivity contribution in [3.05, 3.63) is 47.7 Å². The van der Waals surface area contributed by atoms with Crippen LogP contribution in [-0.4, -0.2) is 42.1 Å². The topological polar surface area (TPSA) is 49.6 Å². The van der Waals surface area contributed by atoms with Gasteiger partial charge in [0.1, 0.15) is 5.76 Å². The lowest BCUT2D eigenvalue weighted by Gasteiger charge is -2.34. The van der Waals surface area contributed by atoms with Crippen molar-refractivity contribution in [3.8, 4) is 0 Å². The number of benzene rings is 1. The summed E-state index contributed by atoms with van der Waals surface area (Å²) in [5.74, 6) is 1.76. The van der Waals surface area contributed by atoms with Crippen LogP contribution in [0.1, 0.15) is 16.1 Å². The monoisotopic (exact) mass is 271 g/mol. The average molecular weight is 271 g/mol. The van der Waals surface area contributed by atoms with Crippen molar-refractivity contribution < 1.29 is 9.32 Å². The second-order valence-corrected chi connectivity index (χ2v) is 4.94. The zero-order valence-electron chi connectivity index (χ0n) is 11.5. The van der Waals surface area contributed by atoms with Crippen LogP contribution in [0.2, 0.25) is 0 Å². The van der Waals surface area contributed by atoms with Crippen molar-refractivity contribution >= 4 is 11.7 Å². The predicted octanol–water partition coefficient (Wildman–Crippen LogP) is 1.95. The van der Waals surface area contributed by atoms with Crippen LogP contribution in [0.25, 0.3) is 0 Å². The second kappa shape index (κ2) is 5.36. The summed E-state index contributed by atoms with van der Waals surface area (Å²) >= 11 is 0. The molecule has 1 fully saturated rings. The van der Waals surface area contributed by atoms with E-state index in [2.05, 4.69) is 10.1 Å². The fourth-order valence-corrected chi connectivity index (χ4v) is 2.40. The van der Waals surface area contributed by atoms with Gasteiger partial charge in [0.15, 0.2) is 5.82 Å². The van der Waals surface area contributed by atoms with Crippen LogP contribution in [0.5, 0.6) is 0 Å².